The van der Waals surface area contributed by atoms with Crippen molar-refractivity contribution in [2.45, 2.75) is 65.2 Å². The van der Waals surface area contributed by atoms with Gasteiger partial charge in [-0.1, -0.05) is 19.9 Å². The number of nitrogens with zero attached hydrogens (tertiary/aromatic N) is 3. The zero-order chi connectivity index (χ0) is 30.0. The van der Waals surface area contributed by atoms with Crippen molar-refractivity contribution in [3.63, 3.8) is 0 Å². The second-order valence-electron chi connectivity index (χ2n) is 12.4. The summed E-state index contributed by atoms with van der Waals surface area (Å²) in [4.78, 5) is 29.7. The molecule has 2 fully saturated rings. The van der Waals surface area contributed by atoms with Crippen LogP contribution in [0.15, 0.2) is 35.3 Å². The fourth-order valence-corrected chi connectivity index (χ4v) is 6.95. The molecular weight excluding hydrogens is 536 g/mol. The molecule has 0 bridgehead atoms. The first kappa shape index (κ1) is 29.4. The molecule has 2 aromatic rings. The number of carbonyl (C=O) groups is 1. The van der Waals surface area contributed by atoms with Gasteiger partial charge >= 0.3 is 6.18 Å². The number of aromatic nitrogens is 1. The molecule has 5 atom stereocenters. The molecule has 1 saturated heterocycles. The number of nitrogens with one attached hydrogen (secondary N) is 1. The van der Waals surface area contributed by atoms with Crippen molar-refractivity contribution >= 4 is 22.9 Å². The van der Waals surface area contributed by atoms with E-state index in [-0.39, 0.29) is 23.2 Å². The predicted molar refractivity (Wildman–Crippen MR) is 153 cm³/mol. The van der Waals surface area contributed by atoms with Crippen LogP contribution in [0.4, 0.5) is 28.9 Å². The number of piperazine rings is 1. The number of carbonyl (C=O) groups excluding carboxylic acids is 1. The Hall–Kier alpha value is -3.14. The number of hydrogen-bond donors (Lipinski definition) is 1. The van der Waals surface area contributed by atoms with Crippen LogP contribution in [0.25, 0.3) is 5.57 Å². The molecular formula is C31H38F4N4O2. The van der Waals surface area contributed by atoms with E-state index in [1.54, 1.807) is 6.07 Å². The molecule has 6 nitrogen and oxygen atoms in total. The average molecular weight is 575 g/mol. The SMILES string of the molecule is CC1CCC12C=C(c1cc(NC(=O)c3cn(C)c(=O)cc3C(F)(F)F)c(N3C[C@@H](C)N(C)[C@@H](C)C3)cc1F)CC2C. The zero-order valence-corrected chi connectivity index (χ0v) is 24.4. The van der Waals surface area contributed by atoms with E-state index >= 15 is 4.39 Å². The quantitative estimate of drug-likeness (QED) is 0.445. The fraction of sp³-hybridized carbons (Fsp3) is 0.548. The number of pyridine rings is 1. The molecule has 1 N–H and O–H groups in total. The normalized spacial score (nSPS) is 28.5. The molecule has 10 heteroatoms. The van der Waals surface area contributed by atoms with E-state index in [9.17, 15) is 22.8 Å². The summed E-state index contributed by atoms with van der Waals surface area (Å²) in [5.41, 5.74) is -0.940. The lowest BCUT2D eigenvalue weighted by Crippen LogP contribution is -2.55. The number of allylic oxidation sites excluding steroid dienone is 2. The Morgan fingerprint density at radius 1 is 1.02 bits per heavy atom. The maximum Gasteiger partial charge on any atom is 0.417 e. The summed E-state index contributed by atoms with van der Waals surface area (Å²) in [7, 11) is 3.31. The predicted octanol–water partition coefficient (Wildman–Crippen LogP) is 6.16. The van der Waals surface area contributed by atoms with Crippen molar-refractivity contribution in [1.29, 1.82) is 0 Å². The lowest BCUT2D eigenvalue weighted by Gasteiger charge is -2.48. The van der Waals surface area contributed by atoms with E-state index in [0.29, 0.717) is 48.7 Å². The smallest absolute Gasteiger partial charge is 0.367 e. The summed E-state index contributed by atoms with van der Waals surface area (Å²) < 4.78 is 58.4. The highest BCUT2D eigenvalue weighted by Gasteiger charge is 2.49. The number of rotatable bonds is 4. The largest absolute Gasteiger partial charge is 0.417 e. The molecule has 2 aliphatic carbocycles. The Bertz CT molecular complexity index is 1450. The van der Waals surface area contributed by atoms with Crippen LogP contribution in [-0.4, -0.2) is 47.6 Å². The number of anilines is 2. The molecule has 1 aliphatic heterocycles. The van der Waals surface area contributed by atoms with E-state index in [0.717, 1.165) is 29.2 Å². The number of likely N-dealkylation sites (N-methyl/N-ethyl adjacent to an activating group) is 1. The van der Waals surface area contributed by atoms with Gasteiger partial charge < -0.3 is 14.8 Å². The molecule has 5 rings (SSSR count). The topological polar surface area (TPSA) is 57.6 Å². The minimum absolute atomic E-state index is 0.0304. The van der Waals surface area contributed by atoms with Crippen LogP contribution in [0.2, 0.25) is 0 Å². The monoisotopic (exact) mass is 574 g/mol. The summed E-state index contributed by atoms with van der Waals surface area (Å²) in [6.07, 6.45) is 1.04. The third kappa shape index (κ3) is 5.08. The van der Waals surface area contributed by atoms with Gasteiger partial charge in [-0.25, -0.2) is 4.39 Å². The van der Waals surface area contributed by atoms with Crippen molar-refractivity contribution in [1.82, 2.24) is 9.47 Å². The Labute approximate surface area is 238 Å². The van der Waals surface area contributed by atoms with Gasteiger partial charge in [-0.15, -0.1) is 0 Å². The summed E-state index contributed by atoms with van der Waals surface area (Å²) in [6.45, 7) is 9.60. The summed E-state index contributed by atoms with van der Waals surface area (Å²) in [5.74, 6) is -0.592. The lowest BCUT2D eigenvalue weighted by atomic mass is 9.57. The van der Waals surface area contributed by atoms with E-state index < -0.39 is 34.6 Å². The molecule has 41 heavy (non-hydrogen) atoms. The molecule has 3 unspecified atom stereocenters. The highest BCUT2D eigenvalue weighted by molar-refractivity contribution is 6.07. The number of halogens is 4. The van der Waals surface area contributed by atoms with Gasteiger partial charge in [0.2, 0.25) is 0 Å². The Kier molecular flexibility index (Phi) is 7.37. The van der Waals surface area contributed by atoms with E-state index in [2.05, 4.69) is 44.0 Å². The van der Waals surface area contributed by atoms with Crippen LogP contribution in [0.1, 0.15) is 68.4 Å². The van der Waals surface area contributed by atoms with E-state index in [1.165, 1.54) is 13.1 Å². The van der Waals surface area contributed by atoms with Crippen molar-refractivity contribution in [2.75, 3.05) is 30.4 Å². The zero-order valence-electron chi connectivity index (χ0n) is 24.4. The second-order valence-corrected chi connectivity index (χ2v) is 12.4. The lowest BCUT2D eigenvalue weighted by molar-refractivity contribution is -0.138. The summed E-state index contributed by atoms with van der Waals surface area (Å²) in [5, 5.41) is 2.68. The maximum absolute atomic E-state index is 15.9. The van der Waals surface area contributed by atoms with Gasteiger partial charge in [0.05, 0.1) is 22.5 Å². The van der Waals surface area contributed by atoms with Crippen molar-refractivity contribution in [2.24, 2.45) is 24.3 Å². The van der Waals surface area contributed by atoms with Crippen LogP contribution < -0.4 is 15.8 Å². The average Bonchev–Trinajstić information content (AvgIpc) is 3.26. The van der Waals surface area contributed by atoms with E-state index in [1.807, 2.05) is 11.9 Å². The van der Waals surface area contributed by atoms with Crippen molar-refractivity contribution < 1.29 is 22.4 Å². The number of hydrogen-bond acceptors (Lipinski definition) is 4. The van der Waals surface area contributed by atoms with Gasteiger partial charge in [-0.3, -0.25) is 14.5 Å². The first-order valence-corrected chi connectivity index (χ1v) is 14.2. The Morgan fingerprint density at radius 2 is 1.68 bits per heavy atom. The van der Waals surface area contributed by atoms with E-state index in [4.69, 9.17) is 0 Å². The highest BCUT2D eigenvalue weighted by Crippen LogP contribution is 2.60. The number of amides is 1. The van der Waals surface area contributed by atoms with Gasteiger partial charge in [0.25, 0.3) is 11.5 Å². The minimum atomic E-state index is -4.90. The van der Waals surface area contributed by atoms with Crippen LogP contribution >= 0.6 is 0 Å². The van der Waals surface area contributed by atoms with Gasteiger partial charge in [-0.05, 0) is 75.1 Å². The third-order valence-corrected chi connectivity index (χ3v) is 9.97. The van der Waals surface area contributed by atoms with Gasteiger partial charge in [0, 0.05) is 50.0 Å². The van der Waals surface area contributed by atoms with Crippen LogP contribution in [-0.2, 0) is 13.2 Å². The Balaban J connectivity index is 1.60. The Morgan fingerprint density at radius 3 is 2.22 bits per heavy atom. The van der Waals surface area contributed by atoms with Crippen LogP contribution in [0.5, 0.6) is 0 Å². The molecule has 1 saturated carbocycles. The van der Waals surface area contributed by atoms with Gasteiger partial charge in [-0.2, -0.15) is 13.2 Å². The molecule has 0 radical (unpaired) electrons. The minimum Gasteiger partial charge on any atom is -0.367 e. The first-order chi connectivity index (χ1) is 19.1. The fourth-order valence-electron chi connectivity index (χ4n) is 6.95. The summed E-state index contributed by atoms with van der Waals surface area (Å²) in [6, 6.07) is 3.67. The molecule has 2 heterocycles. The number of alkyl halides is 3. The number of aryl methyl sites for hydroxylation is 1. The molecule has 222 valence electrons. The summed E-state index contributed by atoms with van der Waals surface area (Å²) >= 11 is 0. The molecule has 1 amide bonds. The second kappa shape index (κ2) is 10.3. The molecule has 1 aromatic carbocycles. The van der Waals surface area contributed by atoms with Crippen LogP contribution in [0.3, 0.4) is 0 Å². The maximum atomic E-state index is 15.9. The third-order valence-electron chi connectivity index (χ3n) is 9.97. The molecule has 1 aromatic heterocycles. The van der Waals surface area contributed by atoms with Crippen molar-refractivity contribution in [3.05, 3.63) is 63.3 Å². The standard InChI is InChI=1S/C31H38F4N4O2/c1-17-7-8-30(17)13-21(9-18(30)2)22-10-26(27(12-25(22)32)39-14-19(3)38(6)20(4)15-39)36-29(41)23-16-37(5)28(40)11-24(23)31(33,34)35/h10-13,16-20H,7-9,14-15H2,1-6H3,(H,36,41)/t17?,18?,19-,20+,30?. The molecule has 3 aliphatic rings. The van der Waals surface area contributed by atoms with Crippen LogP contribution in [0, 0.1) is 23.1 Å². The van der Waals surface area contributed by atoms with Gasteiger partial charge in [0.15, 0.2) is 0 Å². The number of benzene rings is 1. The van der Waals surface area contributed by atoms with Gasteiger partial charge in [0.1, 0.15) is 5.82 Å². The molecule has 1 spiro atoms. The van der Waals surface area contributed by atoms with Crippen molar-refractivity contribution in [3.8, 4) is 0 Å². The highest BCUT2D eigenvalue weighted by atomic mass is 19.4. The first-order valence-electron chi connectivity index (χ1n) is 14.2.